The summed E-state index contributed by atoms with van der Waals surface area (Å²) < 4.78 is 27.1. The summed E-state index contributed by atoms with van der Waals surface area (Å²) in [5, 5.41) is 2.93. The van der Waals surface area contributed by atoms with Crippen LogP contribution in [0.1, 0.15) is 11.3 Å². The van der Waals surface area contributed by atoms with E-state index in [0.29, 0.717) is 11.8 Å². The molecule has 0 spiro atoms. The van der Waals surface area contributed by atoms with E-state index in [1.165, 1.54) is 23.4 Å². The van der Waals surface area contributed by atoms with E-state index in [1.54, 1.807) is 6.07 Å². The van der Waals surface area contributed by atoms with E-state index in [4.69, 9.17) is 0 Å². The topological polar surface area (TPSA) is 44.3 Å². The van der Waals surface area contributed by atoms with Gasteiger partial charge in [0.1, 0.15) is 17.5 Å². The molecule has 1 N–H and O–H groups in total. The second-order valence-corrected chi connectivity index (χ2v) is 7.26. The molecule has 4 rings (SSSR count). The number of aryl methyl sites for hydroxylation is 2. The molecule has 1 aliphatic heterocycles. The van der Waals surface area contributed by atoms with Crippen LogP contribution in [0, 0.1) is 25.5 Å². The third kappa shape index (κ3) is 4.45. The van der Waals surface area contributed by atoms with E-state index >= 15 is 0 Å². The molecule has 1 fully saturated rings. The first-order chi connectivity index (χ1) is 14.0. The summed E-state index contributed by atoms with van der Waals surface area (Å²) in [6.07, 6.45) is 0. The van der Waals surface area contributed by atoms with Gasteiger partial charge in [-0.2, -0.15) is 4.98 Å². The standard InChI is InChI=1S/C22H23F2N5/c1-15-4-3-5-18(12-15)28-8-10-29(11-9-28)22-25-16(2)13-21(27-22)26-20-7-6-17(23)14-19(20)24/h3-7,12-14H,8-11H2,1-2H3,(H,25,26,27). The highest BCUT2D eigenvalue weighted by Gasteiger charge is 2.20. The molecule has 0 amide bonds. The lowest BCUT2D eigenvalue weighted by Crippen LogP contribution is -2.47. The van der Waals surface area contributed by atoms with Gasteiger partial charge in [0.2, 0.25) is 5.95 Å². The molecular weight excluding hydrogens is 372 g/mol. The fraction of sp³-hybridized carbons (Fsp3) is 0.273. The maximum absolute atomic E-state index is 14.0. The van der Waals surface area contributed by atoms with Crippen molar-refractivity contribution in [3.8, 4) is 0 Å². The van der Waals surface area contributed by atoms with E-state index < -0.39 is 11.6 Å². The van der Waals surface area contributed by atoms with Gasteiger partial charge in [0.25, 0.3) is 0 Å². The summed E-state index contributed by atoms with van der Waals surface area (Å²) >= 11 is 0. The van der Waals surface area contributed by atoms with Gasteiger partial charge in [-0.25, -0.2) is 13.8 Å². The maximum atomic E-state index is 14.0. The molecule has 0 bridgehead atoms. The number of rotatable bonds is 4. The highest BCUT2D eigenvalue weighted by Crippen LogP contribution is 2.23. The van der Waals surface area contributed by atoms with Crippen LogP contribution in [0.5, 0.6) is 0 Å². The van der Waals surface area contributed by atoms with Crippen molar-refractivity contribution in [3.05, 3.63) is 71.4 Å². The summed E-state index contributed by atoms with van der Waals surface area (Å²) in [6, 6.07) is 13.7. The first-order valence-electron chi connectivity index (χ1n) is 9.62. The molecule has 0 unspecified atom stereocenters. The van der Waals surface area contributed by atoms with Gasteiger partial charge in [-0.05, 0) is 43.7 Å². The summed E-state index contributed by atoms with van der Waals surface area (Å²) in [4.78, 5) is 13.6. The van der Waals surface area contributed by atoms with Gasteiger partial charge < -0.3 is 15.1 Å². The molecule has 7 heteroatoms. The number of hydrogen-bond donors (Lipinski definition) is 1. The molecular formula is C22H23F2N5. The van der Waals surface area contributed by atoms with Crippen LogP contribution in [0.3, 0.4) is 0 Å². The van der Waals surface area contributed by atoms with Crippen LogP contribution in [0.15, 0.2) is 48.5 Å². The number of nitrogens with zero attached hydrogens (tertiary/aromatic N) is 4. The van der Waals surface area contributed by atoms with Crippen molar-refractivity contribution in [2.75, 3.05) is 41.3 Å². The molecule has 3 aromatic rings. The lowest BCUT2D eigenvalue weighted by atomic mass is 10.2. The van der Waals surface area contributed by atoms with Gasteiger partial charge >= 0.3 is 0 Å². The molecule has 5 nitrogen and oxygen atoms in total. The minimum absolute atomic E-state index is 0.180. The zero-order chi connectivity index (χ0) is 20.4. The highest BCUT2D eigenvalue weighted by atomic mass is 19.1. The number of halogens is 2. The van der Waals surface area contributed by atoms with Crippen LogP contribution in [-0.2, 0) is 0 Å². The molecule has 29 heavy (non-hydrogen) atoms. The SMILES string of the molecule is Cc1cccc(N2CCN(c3nc(C)cc(Nc4ccc(F)cc4F)n3)CC2)c1. The Labute approximate surface area is 169 Å². The predicted molar refractivity (Wildman–Crippen MR) is 112 cm³/mol. The van der Waals surface area contributed by atoms with Crippen molar-refractivity contribution in [3.63, 3.8) is 0 Å². The van der Waals surface area contributed by atoms with Crippen LogP contribution in [0.4, 0.5) is 31.9 Å². The number of aromatic nitrogens is 2. The Bertz CT molecular complexity index is 1020. The number of anilines is 4. The minimum Gasteiger partial charge on any atom is -0.368 e. The fourth-order valence-corrected chi connectivity index (χ4v) is 3.48. The van der Waals surface area contributed by atoms with Crippen molar-refractivity contribution < 1.29 is 8.78 Å². The van der Waals surface area contributed by atoms with Crippen LogP contribution < -0.4 is 15.1 Å². The Balaban J connectivity index is 1.48. The zero-order valence-corrected chi connectivity index (χ0v) is 16.5. The molecule has 0 aliphatic carbocycles. The highest BCUT2D eigenvalue weighted by molar-refractivity contribution is 5.59. The van der Waals surface area contributed by atoms with E-state index in [1.807, 2.05) is 6.92 Å². The molecule has 0 atom stereocenters. The van der Waals surface area contributed by atoms with E-state index in [0.717, 1.165) is 37.9 Å². The first kappa shape index (κ1) is 19.1. The molecule has 1 aliphatic rings. The van der Waals surface area contributed by atoms with Gasteiger partial charge in [0.15, 0.2) is 0 Å². The monoisotopic (exact) mass is 395 g/mol. The third-order valence-electron chi connectivity index (χ3n) is 4.97. The summed E-state index contributed by atoms with van der Waals surface area (Å²) in [5.41, 5.74) is 3.43. The Morgan fingerprint density at radius 1 is 0.862 bits per heavy atom. The minimum atomic E-state index is -0.658. The Hall–Kier alpha value is -3.22. The second-order valence-electron chi connectivity index (χ2n) is 7.26. The van der Waals surface area contributed by atoms with Gasteiger partial charge in [0, 0.05) is 49.7 Å². The Morgan fingerprint density at radius 2 is 1.62 bits per heavy atom. The molecule has 1 aromatic heterocycles. The number of piperazine rings is 1. The molecule has 0 saturated carbocycles. The van der Waals surface area contributed by atoms with E-state index in [2.05, 4.69) is 56.3 Å². The quantitative estimate of drug-likeness (QED) is 0.708. The average molecular weight is 395 g/mol. The summed E-state index contributed by atoms with van der Waals surface area (Å²) in [6.45, 7) is 7.30. The van der Waals surface area contributed by atoms with Gasteiger partial charge in [-0.15, -0.1) is 0 Å². The largest absolute Gasteiger partial charge is 0.368 e. The van der Waals surface area contributed by atoms with Crippen molar-refractivity contribution in [2.45, 2.75) is 13.8 Å². The smallest absolute Gasteiger partial charge is 0.227 e. The van der Waals surface area contributed by atoms with E-state index in [9.17, 15) is 8.78 Å². The summed E-state index contributed by atoms with van der Waals surface area (Å²) in [7, 11) is 0. The normalized spacial score (nSPS) is 14.2. The summed E-state index contributed by atoms with van der Waals surface area (Å²) in [5.74, 6) is -0.174. The lowest BCUT2D eigenvalue weighted by Gasteiger charge is -2.36. The average Bonchev–Trinajstić information content (AvgIpc) is 2.70. The number of nitrogens with one attached hydrogen (secondary N) is 1. The Kier molecular flexibility index (Phi) is 5.29. The second kappa shape index (κ2) is 8.03. The van der Waals surface area contributed by atoms with Gasteiger partial charge in [-0.3, -0.25) is 0 Å². The maximum Gasteiger partial charge on any atom is 0.227 e. The van der Waals surface area contributed by atoms with Gasteiger partial charge in [-0.1, -0.05) is 12.1 Å². The Morgan fingerprint density at radius 3 is 2.34 bits per heavy atom. The molecule has 2 aromatic carbocycles. The van der Waals surface area contributed by atoms with E-state index in [-0.39, 0.29) is 5.69 Å². The van der Waals surface area contributed by atoms with Crippen molar-refractivity contribution in [1.29, 1.82) is 0 Å². The van der Waals surface area contributed by atoms with Crippen molar-refractivity contribution in [2.24, 2.45) is 0 Å². The first-order valence-corrected chi connectivity index (χ1v) is 9.62. The van der Waals surface area contributed by atoms with Crippen LogP contribution >= 0.6 is 0 Å². The van der Waals surface area contributed by atoms with Crippen LogP contribution in [-0.4, -0.2) is 36.1 Å². The lowest BCUT2D eigenvalue weighted by molar-refractivity contribution is 0.586. The van der Waals surface area contributed by atoms with Crippen LogP contribution in [0.2, 0.25) is 0 Å². The fourth-order valence-electron chi connectivity index (χ4n) is 3.48. The number of hydrogen-bond acceptors (Lipinski definition) is 5. The van der Waals surface area contributed by atoms with Gasteiger partial charge in [0.05, 0.1) is 5.69 Å². The molecule has 2 heterocycles. The van der Waals surface area contributed by atoms with Crippen molar-refractivity contribution >= 4 is 23.1 Å². The molecule has 1 saturated heterocycles. The molecule has 150 valence electrons. The van der Waals surface area contributed by atoms with Crippen molar-refractivity contribution in [1.82, 2.24) is 9.97 Å². The predicted octanol–water partition coefficient (Wildman–Crippen LogP) is 4.44. The van der Waals surface area contributed by atoms with Crippen LogP contribution in [0.25, 0.3) is 0 Å². The molecule has 0 radical (unpaired) electrons. The third-order valence-corrected chi connectivity index (χ3v) is 4.97. The number of benzene rings is 2. The zero-order valence-electron chi connectivity index (χ0n) is 16.5.